The lowest BCUT2D eigenvalue weighted by molar-refractivity contribution is -0.141. The molecule has 0 aliphatic carbocycles. The molecule has 0 bridgehead atoms. The molecule has 1 aromatic rings. The predicted molar refractivity (Wildman–Crippen MR) is 33.0 cm³/mol. The number of aromatic nitrogens is 2. The maximum atomic E-state index is 11.9. The molecule has 0 aliphatic heterocycles. The van der Waals surface area contributed by atoms with E-state index in [0.717, 1.165) is 10.7 Å². The zero-order valence-electron chi connectivity index (χ0n) is 6.09. The lowest BCUT2D eigenvalue weighted by Gasteiger charge is -1.98. The number of hydrogen-bond acceptors (Lipinski definition) is 3. The third-order valence-corrected chi connectivity index (χ3v) is 1.25. The van der Waals surface area contributed by atoms with Crippen LogP contribution in [0.4, 0.5) is 13.2 Å². The van der Waals surface area contributed by atoms with Crippen LogP contribution in [0.25, 0.3) is 0 Å². The van der Waals surface area contributed by atoms with Gasteiger partial charge in [-0.25, -0.2) is 4.68 Å². The first-order valence-corrected chi connectivity index (χ1v) is 2.93. The molecule has 0 spiro atoms. The molecule has 0 saturated heterocycles. The van der Waals surface area contributed by atoms with Crippen LogP contribution < -0.4 is 10.7 Å². The summed E-state index contributed by atoms with van der Waals surface area (Å²) >= 11 is 0. The van der Waals surface area contributed by atoms with E-state index in [-0.39, 0.29) is 5.88 Å². The van der Waals surface area contributed by atoms with E-state index < -0.39 is 11.9 Å². The number of nitrogens with zero attached hydrogens (tertiary/aromatic N) is 2. The van der Waals surface area contributed by atoms with Gasteiger partial charge in [0.1, 0.15) is 0 Å². The fraction of sp³-hybridized carbons (Fsp3) is 0.400. The van der Waals surface area contributed by atoms with E-state index in [1.165, 1.54) is 7.05 Å². The Labute approximate surface area is 65.7 Å². The van der Waals surface area contributed by atoms with Crippen molar-refractivity contribution < 1.29 is 18.0 Å². The van der Waals surface area contributed by atoms with Gasteiger partial charge in [0.15, 0.2) is 5.69 Å². The third-order valence-electron chi connectivity index (χ3n) is 1.25. The lowest BCUT2D eigenvalue weighted by Crippen LogP contribution is -2.07. The van der Waals surface area contributed by atoms with Crippen LogP contribution in [0.5, 0.6) is 5.88 Å². The molecule has 0 saturated carbocycles. The van der Waals surface area contributed by atoms with Crippen LogP contribution in [0.1, 0.15) is 5.69 Å². The van der Waals surface area contributed by atoms with Gasteiger partial charge in [0.25, 0.3) is 0 Å². The lowest BCUT2D eigenvalue weighted by atomic mass is 10.4. The number of aryl methyl sites for hydroxylation is 1. The van der Waals surface area contributed by atoms with Crippen molar-refractivity contribution >= 4 is 0 Å². The van der Waals surface area contributed by atoms with Crippen molar-refractivity contribution in [2.24, 2.45) is 12.9 Å². The van der Waals surface area contributed by atoms with Gasteiger partial charge in [-0.15, -0.1) is 0 Å². The third kappa shape index (κ3) is 1.50. The van der Waals surface area contributed by atoms with Crippen LogP contribution in [-0.2, 0) is 13.2 Å². The van der Waals surface area contributed by atoms with Crippen LogP contribution in [-0.4, -0.2) is 9.78 Å². The molecule has 1 aromatic heterocycles. The molecule has 1 rings (SSSR count). The molecule has 0 aromatic carbocycles. The molecule has 2 N–H and O–H groups in total. The van der Waals surface area contributed by atoms with Crippen molar-refractivity contribution in [3.8, 4) is 5.88 Å². The van der Waals surface area contributed by atoms with Crippen molar-refractivity contribution in [1.82, 2.24) is 9.78 Å². The first-order valence-electron chi connectivity index (χ1n) is 2.93. The zero-order chi connectivity index (χ0) is 9.35. The van der Waals surface area contributed by atoms with Gasteiger partial charge in [-0.05, 0) is 0 Å². The van der Waals surface area contributed by atoms with Crippen molar-refractivity contribution in [1.29, 1.82) is 0 Å². The summed E-state index contributed by atoms with van der Waals surface area (Å²) in [5.74, 6) is 4.54. The summed E-state index contributed by atoms with van der Waals surface area (Å²) in [5.41, 5.74) is -1.02. The number of alkyl halides is 3. The fourth-order valence-corrected chi connectivity index (χ4v) is 0.699. The number of halogens is 3. The minimum atomic E-state index is -4.46. The van der Waals surface area contributed by atoms with Crippen LogP contribution >= 0.6 is 0 Å². The molecular formula is C5H6F3N3O. The van der Waals surface area contributed by atoms with Crippen LogP contribution in [0.2, 0.25) is 0 Å². The quantitative estimate of drug-likeness (QED) is 0.648. The SMILES string of the molecule is Cn1nc(C(F)(F)F)cc1ON. The van der Waals surface area contributed by atoms with E-state index >= 15 is 0 Å². The van der Waals surface area contributed by atoms with Crippen molar-refractivity contribution in [3.63, 3.8) is 0 Å². The predicted octanol–water partition coefficient (Wildman–Crippen LogP) is 0.691. The molecular weight excluding hydrogens is 175 g/mol. The topological polar surface area (TPSA) is 53.1 Å². The molecule has 68 valence electrons. The van der Waals surface area contributed by atoms with Gasteiger partial charge in [0.2, 0.25) is 5.88 Å². The van der Waals surface area contributed by atoms with E-state index in [1.54, 1.807) is 0 Å². The molecule has 7 heteroatoms. The Hall–Kier alpha value is -1.24. The first-order chi connectivity index (χ1) is 5.45. The highest BCUT2D eigenvalue weighted by molar-refractivity contribution is 5.17. The Bertz CT molecular complexity index is 280. The van der Waals surface area contributed by atoms with Crippen molar-refractivity contribution in [2.75, 3.05) is 0 Å². The standard InChI is InChI=1S/C5H6F3N3O/c1-11-4(12-9)2-3(10-11)5(6,7)8/h2H,9H2,1H3. The highest BCUT2D eigenvalue weighted by Crippen LogP contribution is 2.29. The number of nitrogens with two attached hydrogens (primary N) is 1. The highest BCUT2D eigenvalue weighted by atomic mass is 19.4. The van der Waals surface area contributed by atoms with Gasteiger partial charge in [-0.1, -0.05) is 0 Å². The second-order valence-electron chi connectivity index (χ2n) is 2.11. The second kappa shape index (κ2) is 2.67. The normalized spacial score (nSPS) is 11.8. The summed E-state index contributed by atoms with van der Waals surface area (Å²) in [6.07, 6.45) is -4.46. The molecule has 0 aliphatic rings. The Balaban J connectivity index is 3.05. The average molecular weight is 181 g/mol. The number of rotatable bonds is 1. The largest absolute Gasteiger partial charge is 0.435 e. The molecule has 1 heterocycles. The minimum absolute atomic E-state index is 0.137. The first kappa shape index (κ1) is 8.85. The summed E-state index contributed by atoms with van der Waals surface area (Å²) in [7, 11) is 1.30. The van der Waals surface area contributed by atoms with E-state index in [4.69, 9.17) is 0 Å². The molecule has 12 heavy (non-hydrogen) atoms. The van der Waals surface area contributed by atoms with E-state index in [2.05, 4.69) is 15.8 Å². The summed E-state index contributed by atoms with van der Waals surface area (Å²) < 4.78 is 36.7. The van der Waals surface area contributed by atoms with Gasteiger partial charge in [0, 0.05) is 13.1 Å². The summed E-state index contributed by atoms with van der Waals surface area (Å²) in [6, 6.07) is 0.722. The minimum Gasteiger partial charge on any atom is -0.391 e. The average Bonchev–Trinajstić information content (AvgIpc) is 2.29. The molecule has 0 atom stereocenters. The smallest absolute Gasteiger partial charge is 0.391 e. The second-order valence-corrected chi connectivity index (χ2v) is 2.11. The number of hydrogen-bond donors (Lipinski definition) is 1. The van der Waals surface area contributed by atoms with Crippen LogP contribution in [0.3, 0.4) is 0 Å². The summed E-state index contributed by atoms with van der Waals surface area (Å²) in [6.45, 7) is 0. The molecule has 0 unspecified atom stereocenters. The highest BCUT2D eigenvalue weighted by Gasteiger charge is 2.34. The Kier molecular flexibility index (Phi) is 1.97. The zero-order valence-corrected chi connectivity index (χ0v) is 6.09. The Morgan fingerprint density at radius 1 is 1.58 bits per heavy atom. The monoisotopic (exact) mass is 181 g/mol. The van der Waals surface area contributed by atoms with Gasteiger partial charge in [0.05, 0.1) is 0 Å². The van der Waals surface area contributed by atoms with E-state index in [1.807, 2.05) is 0 Å². The van der Waals surface area contributed by atoms with Crippen LogP contribution in [0.15, 0.2) is 6.07 Å². The molecule has 4 nitrogen and oxygen atoms in total. The molecule has 0 fully saturated rings. The van der Waals surface area contributed by atoms with Gasteiger partial charge in [-0.2, -0.15) is 24.2 Å². The van der Waals surface area contributed by atoms with E-state index in [9.17, 15) is 13.2 Å². The van der Waals surface area contributed by atoms with Crippen molar-refractivity contribution in [2.45, 2.75) is 6.18 Å². The maximum absolute atomic E-state index is 11.9. The van der Waals surface area contributed by atoms with Gasteiger partial charge >= 0.3 is 6.18 Å². The van der Waals surface area contributed by atoms with E-state index in [0.29, 0.717) is 0 Å². The molecule has 0 amide bonds. The Morgan fingerprint density at radius 2 is 2.17 bits per heavy atom. The van der Waals surface area contributed by atoms with Gasteiger partial charge < -0.3 is 4.84 Å². The molecule has 0 radical (unpaired) electrons. The van der Waals surface area contributed by atoms with Crippen molar-refractivity contribution in [3.05, 3.63) is 11.8 Å². The fourth-order valence-electron chi connectivity index (χ4n) is 0.699. The van der Waals surface area contributed by atoms with Gasteiger partial charge in [-0.3, -0.25) is 0 Å². The Morgan fingerprint density at radius 3 is 2.42 bits per heavy atom. The summed E-state index contributed by atoms with van der Waals surface area (Å²) in [4.78, 5) is 4.12. The van der Waals surface area contributed by atoms with Crippen LogP contribution in [0, 0.1) is 0 Å². The summed E-state index contributed by atoms with van der Waals surface area (Å²) in [5, 5.41) is 3.14. The maximum Gasteiger partial charge on any atom is 0.435 e.